The highest BCUT2D eigenvalue weighted by Crippen LogP contribution is 2.22. The first-order chi connectivity index (χ1) is 8.06. The van der Waals surface area contributed by atoms with Crippen molar-refractivity contribution >= 4 is 5.84 Å². The SMILES string of the molecule is CCOCC(C)Oc1cccc(F)c1C(=N)N. The van der Waals surface area contributed by atoms with E-state index >= 15 is 0 Å². The molecule has 5 heteroatoms. The largest absolute Gasteiger partial charge is 0.487 e. The summed E-state index contributed by atoms with van der Waals surface area (Å²) in [5.41, 5.74) is 5.32. The van der Waals surface area contributed by atoms with Gasteiger partial charge in [0.15, 0.2) is 0 Å². The Hall–Kier alpha value is -1.62. The average molecular weight is 240 g/mol. The molecule has 1 unspecified atom stereocenters. The Morgan fingerprint density at radius 2 is 2.24 bits per heavy atom. The normalized spacial score (nSPS) is 12.2. The highest BCUT2D eigenvalue weighted by atomic mass is 19.1. The predicted molar refractivity (Wildman–Crippen MR) is 64.0 cm³/mol. The van der Waals surface area contributed by atoms with Crippen molar-refractivity contribution in [3.05, 3.63) is 29.6 Å². The third-order valence-electron chi connectivity index (χ3n) is 2.13. The number of halogens is 1. The number of nitrogen functional groups attached to an aromatic ring is 1. The van der Waals surface area contributed by atoms with Crippen LogP contribution in [0, 0.1) is 11.2 Å². The van der Waals surface area contributed by atoms with Crippen molar-refractivity contribution < 1.29 is 13.9 Å². The second kappa shape index (κ2) is 6.20. The fourth-order valence-corrected chi connectivity index (χ4v) is 1.40. The maximum atomic E-state index is 13.5. The van der Waals surface area contributed by atoms with Gasteiger partial charge in [0, 0.05) is 6.61 Å². The molecule has 1 aromatic rings. The van der Waals surface area contributed by atoms with Crippen molar-refractivity contribution in [2.75, 3.05) is 13.2 Å². The van der Waals surface area contributed by atoms with E-state index < -0.39 is 5.82 Å². The summed E-state index contributed by atoms with van der Waals surface area (Å²) in [4.78, 5) is 0. The Labute approximate surface area is 100 Å². The lowest BCUT2D eigenvalue weighted by Gasteiger charge is -2.17. The van der Waals surface area contributed by atoms with Crippen LogP contribution in [0.1, 0.15) is 19.4 Å². The molecule has 0 saturated heterocycles. The molecule has 0 aliphatic heterocycles. The molecule has 0 aliphatic carbocycles. The Kier molecular flexibility index (Phi) is 4.90. The lowest BCUT2D eigenvalue weighted by molar-refractivity contribution is 0.0654. The average Bonchev–Trinajstić information content (AvgIpc) is 2.25. The summed E-state index contributed by atoms with van der Waals surface area (Å²) >= 11 is 0. The van der Waals surface area contributed by atoms with Crippen LogP contribution in [0.4, 0.5) is 4.39 Å². The van der Waals surface area contributed by atoms with Crippen LogP contribution in [0.2, 0.25) is 0 Å². The van der Waals surface area contributed by atoms with E-state index in [0.717, 1.165) is 0 Å². The minimum absolute atomic E-state index is 0.00384. The van der Waals surface area contributed by atoms with Crippen molar-refractivity contribution in [2.45, 2.75) is 20.0 Å². The smallest absolute Gasteiger partial charge is 0.137 e. The molecule has 0 aliphatic rings. The third kappa shape index (κ3) is 3.71. The van der Waals surface area contributed by atoms with Gasteiger partial charge >= 0.3 is 0 Å². The fraction of sp³-hybridized carbons (Fsp3) is 0.417. The van der Waals surface area contributed by atoms with Gasteiger partial charge in [-0.15, -0.1) is 0 Å². The van der Waals surface area contributed by atoms with Gasteiger partial charge in [-0.3, -0.25) is 5.41 Å². The molecule has 4 nitrogen and oxygen atoms in total. The molecule has 1 rings (SSSR count). The summed E-state index contributed by atoms with van der Waals surface area (Å²) in [6.07, 6.45) is -0.227. The Bertz CT molecular complexity index is 396. The number of hydrogen-bond acceptors (Lipinski definition) is 3. The standard InChI is InChI=1S/C12H17FN2O2/c1-3-16-7-8(2)17-10-6-4-5-9(13)11(10)12(14)15/h4-6,8H,3,7H2,1-2H3,(H3,14,15). The molecule has 0 bridgehead atoms. The maximum absolute atomic E-state index is 13.5. The summed E-state index contributed by atoms with van der Waals surface area (Å²) < 4.78 is 24.2. The van der Waals surface area contributed by atoms with Crippen LogP contribution in [0.5, 0.6) is 5.75 Å². The van der Waals surface area contributed by atoms with Crippen molar-refractivity contribution in [3.63, 3.8) is 0 Å². The van der Waals surface area contributed by atoms with Gasteiger partial charge in [0.1, 0.15) is 23.5 Å². The van der Waals surface area contributed by atoms with E-state index in [9.17, 15) is 4.39 Å². The molecular weight excluding hydrogens is 223 g/mol. The molecule has 0 fully saturated rings. The van der Waals surface area contributed by atoms with Gasteiger partial charge in [0.05, 0.1) is 12.2 Å². The van der Waals surface area contributed by atoms with E-state index in [1.54, 1.807) is 6.07 Å². The summed E-state index contributed by atoms with van der Waals surface area (Å²) in [7, 11) is 0. The van der Waals surface area contributed by atoms with Crippen LogP contribution < -0.4 is 10.5 Å². The number of nitrogens with two attached hydrogens (primary N) is 1. The summed E-state index contributed by atoms with van der Waals surface area (Å²) in [5.74, 6) is -0.634. The first kappa shape index (κ1) is 13.4. The van der Waals surface area contributed by atoms with E-state index in [4.69, 9.17) is 20.6 Å². The monoisotopic (exact) mass is 240 g/mol. The van der Waals surface area contributed by atoms with E-state index in [1.807, 2.05) is 13.8 Å². The predicted octanol–water partition coefficient (Wildman–Crippen LogP) is 1.91. The van der Waals surface area contributed by atoms with E-state index in [0.29, 0.717) is 13.2 Å². The van der Waals surface area contributed by atoms with E-state index in [1.165, 1.54) is 12.1 Å². The molecule has 0 spiro atoms. The molecule has 0 aromatic heterocycles. The van der Waals surface area contributed by atoms with Crippen LogP contribution in [0.15, 0.2) is 18.2 Å². The number of amidine groups is 1. The van der Waals surface area contributed by atoms with Crippen molar-refractivity contribution in [2.24, 2.45) is 5.73 Å². The van der Waals surface area contributed by atoms with Crippen molar-refractivity contribution in [1.82, 2.24) is 0 Å². The lowest BCUT2D eigenvalue weighted by atomic mass is 10.1. The molecule has 3 N–H and O–H groups in total. The quantitative estimate of drug-likeness (QED) is 0.589. The van der Waals surface area contributed by atoms with Gasteiger partial charge in [-0.05, 0) is 26.0 Å². The second-order valence-electron chi connectivity index (χ2n) is 3.61. The zero-order valence-electron chi connectivity index (χ0n) is 10.00. The number of benzene rings is 1. The minimum Gasteiger partial charge on any atom is -0.487 e. The highest BCUT2D eigenvalue weighted by Gasteiger charge is 2.14. The summed E-state index contributed by atoms with van der Waals surface area (Å²) in [6.45, 7) is 4.70. The molecule has 1 aromatic carbocycles. The molecule has 0 amide bonds. The Morgan fingerprint density at radius 1 is 1.53 bits per heavy atom. The van der Waals surface area contributed by atoms with E-state index in [-0.39, 0.29) is 23.3 Å². The van der Waals surface area contributed by atoms with Crippen LogP contribution in [-0.4, -0.2) is 25.2 Å². The van der Waals surface area contributed by atoms with Crippen LogP contribution in [-0.2, 0) is 4.74 Å². The van der Waals surface area contributed by atoms with Gasteiger partial charge in [0.2, 0.25) is 0 Å². The van der Waals surface area contributed by atoms with Gasteiger partial charge in [-0.2, -0.15) is 0 Å². The van der Waals surface area contributed by atoms with Crippen molar-refractivity contribution in [3.8, 4) is 5.75 Å². The number of rotatable bonds is 6. The van der Waals surface area contributed by atoms with Crippen LogP contribution >= 0.6 is 0 Å². The number of hydrogen-bond donors (Lipinski definition) is 2. The summed E-state index contributed by atoms with van der Waals surface area (Å²) in [5, 5.41) is 7.33. The van der Waals surface area contributed by atoms with Crippen LogP contribution in [0.25, 0.3) is 0 Å². The number of ether oxygens (including phenoxy) is 2. The van der Waals surface area contributed by atoms with E-state index in [2.05, 4.69) is 0 Å². The lowest BCUT2D eigenvalue weighted by Crippen LogP contribution is -2.22. The fourth-order valence-electron chi connectivity index (χ4n) is 1.40. The Morgan fingerprint density at radius 3 is 2.82 bits per heavy atom. The second-order valence-corrected chi connectivity index (χ2v) is 3.61. The highest BCUT2D eigenvalue weighted by molar-refractivity contribution is 5.97. The van der Waals surface area contributed by atoms with Gasteiger partial charge < -0.3 is 15.2 Å². The van der Waals surface area contributed by atoms with Gasteiger partial charge in [0.25, 0.3) is 0 Å². The van der Waals surface area contributed by atoms with Crippen molar-refractivity contribution in [1.29, 1.82) is 5.41 Å². The Balaban J connectivity index is 2.83. The van der Waals surface area contributed by atoms with Gasteiger partial charge in [-0.1, -0.05) is 6.07 Å². The molecule has 17 heavy (non-hydrogen) atoms. The number of nitrogens with one attached hydrogen (secondary N) is 1. The minimum atomic E-state index is -0.557. The molecule has 0 radical (unpaired) electrons. The zero-order chi connectivity index (χ0) is 12.8. The first-order valence-corrected chi connectivity index (χ1v) is 5.43. The topological polar surface area (TPSA) is 68.3 Å². The third-order valence-corrected chi connectivity index (χ3v) is 2.13. The zero-order valence-corrected chi connectivity index (χ0v) is 10.00. The molecule has 0 saturated carbocycles. The maximum Gasteiger partial charge on any atom is 0.137 e. The molecule has 1 atom stereocenters. The molecule has 0 heterocycles. The first-order valence-electron chi connectivity index (χ1n) is 5.43. The van der Waals surface area contributed by atoms with Crippen LogP contribution in [0.3, 0.4) is 0 Å². The van der Waals surface area contributed by atoms with Gasteiger partial charge in [-0.25, -0.2) is 4.39 Å². The summed E-state index contributed by atoms with van der Waals surface area (Å²) in [6, 6.07) is 4.35. The molecular formula is C12H17FN2O2. The molecule has 94 valence electrons.